The molecule has 2 amide bonds. The average molecular weight is 248 g/mol. The molecule has 1 rings (SSSR count). The third kappa shape index (κ3) is 4.11. The molecule has 18 heavy (non-hydrogen) atoms. The Hall–Kier alpha value is -3.22. The lowest BCUT2D eigenvalue weighted by atomic mass is 10.3. The molecule has 90 valence electrons. The Bertz CT molecular complexity index is 525. The monoisotopic (exact) mass is 248 g/mol. The Morgan fingerprint density at radius 3 is 1.83 bits per heavy atom. The van der Waals surface area contributed by atoms with Crippen LogP contribution in [0.15, 0.2) is 34.5 Å². The zero-order valence-electron chi connectivity index (χ0n) is 8.63. The fourth-order valence-electron chi connectivity index (χ4n) is 0.917. The van der Waals surface area contributed by atoms with E-state index in [0.29, 0.717) is 0 Å². The normalized spacial score (nSPS) is 8.44. The maximum Gasteiger partial charge on any atom is 0.402 e. The molecule has 0 saturated heterocycles. The van der Waals surface area contributed by atoms with Gasteiger partial charge in [-0.25, -0.2) is 9.59 Å². The lowest BCUT2D eigenvalue weighted by Crippen LogP contribution is -2.03. The van der Waals surface area contributed by atoms with Gasteiger partial charge in [-0.2, -0.15) is 0 Å². The molecule has 0 radical (unpaired) electrons. The van der Waals surface area contributed by atoms with Crippen LogP contribution in [-0.2, 0) is 0 Å². The van der Waals surface area contributed by atoms with Crippen molar-refractivity contribution in [3.05, 3.63) is 45.2 Å². The molecule has 0 spiro atoms. The Kier molecular flexibility index (Phi) is 4.55. The summed E-state index contributed by atoms with van der Waals surface area (Å²) in [5.74, 6) is -0.00252. The number of carbonyl (C=O) groups is 2. The lowest BCUT2D eigenvalue weighted by molar-refractivity contribution is 0.209. The second-order valence-corrected chi connectivity index (χ2v) is 2.59. The molecule has 0 heterocycles. The molecule has 0 unspecified atom stereocenters. The van der Waals surface area contributed by atoms with Crippen LogP contribution in [0.3, 0.4) is 0 Å². The highest BCUT2D eigenvalue weighted by atomic mass is 16.6. The van der Waals surface area contributed by atoms with Crippen LogP contribution in [0.4, 0.5) is 9.59 Å². The standard InChI is InChI=1S/C8H4N6O4/c9-13-11-7(15)17-5-2-1-3-6(4-5)18-8(16)12-14-10/h1-4H. The summed E-state index contributed by atoms with van der Waals surface area (Å²) in [6.45, 7) is 0. The van der Waals surface area contributed by atoms with Crippen LogP contribution in [-0.4, -0.2) is 12.2 Å². The fraction of sp³-hybridized carbons (Fsp3) is 0. The Morgan fingerprint density at radius 1 is 1.00 bits per heavy atom. The Morgan fingerprint density at radius 2 is 1.44 bits per heavy atom. The molecule has 0 aliphatic rings. The zero-order valence-corrected chi connectivity index (χ0v) is 8.63. The molecule has 0 fully saturated rings. The Labute approximate surface area is 99.0 Å². The minimum atomic E-state index is -1.16. The molecule has 0 N–H and O–H groups in total. The predicted octanol–water partition coefficient (Wildman–Crippen LogP) is 3.30. The van der Waals surface area contributed by atoms with Crippen molar-refractivity contribution in [3.63, 3.8) is 0 Å². The molecular formula is C8H4N6O4. The van der Waals surface area contributed by atoms with Gasteiger partial charge >= 0.3 is 12.2 Å². The quantitative estimate of drug-likeness (QED) is 0.447. The molecule has 1 aromatic rings. The highest BCUT2D eigenvalue weighted by Gasteiger charge is 2.05. The van der Waals surface area contributed by atoms with Gasteiger partial charge in [-0.15, -0.1) is 0 Å². The third-order valence-electron chi connectivity index (χ3n) is 1.47. The molecule has 10 heteroatoms. The van der Waals surface area contributed by atoms with Crippen molar-refractivity contribution in [2.24, 2.45) is 10.2 Å². The van der Waals surface area contributed by atoms with Gasteiger partial charge in [-0.3, -0.25) is 0 Å². The van der Waals surface area contributed by atoms with Crippen LogP contribution in [0, 0.1) is 0 Å². The summed E-state index contributed by atoms with van der Waals surface area (Å²) in [5, 5.41) is 5.37. The zero-order chi connectivity index (χ0) is 13.4. The summed E-state index contributed by atoms with van der Waals surface area (Å²) >= 11 is 0. The van der Waals surface area contributed by atoms with E-state index < -0.39 is 12.2 Å². The summed E-state index contributed by atoms with van der Waals surface area (Å²) in [5.41, 5.74) is 16.0. The highest BCUT2D eigenvalue weighted by molar-refractivity contribution is 5.72. The van der Waals surface area contributed by atoms with E-state index in [1.807, 2.05) is 0 Å². The molecule has 1 aromatic carbocycles. The molecule has 0 aromatic heterocycles. The predicted molar refractivity (Wildman–Crippen MR) is 56.8 cm³/mol. The van der Waals surface area contributed by atoms with Gasteiger partial charge in [-0.05, 0) is 23.2 Å². The van der Waals surface area contributed by atoms with E-state index >= 15 is 0 Å². The molecule has 0 bridgehead atoms. The van der Waals surface area contributed by atoms with E-state index in [-0.39, 0.29) is 11.5 Å². The SMILES string of the molecule is [N-]=[N+]=NC(=O)Oc1cccc(OC(=O)N=[N+]=[N-])c1. The number of benzene rings is 1. The third-order valence-corrected chi connectivity index (χ3v) is 1.47. The van der Waals surface area contributed by atoms with E-state index in [0.717, 1.165) is 0 Å². The number of rotatable bonds is 2. The molecule has 0 saturated carbocycles. The van der Waals surface area contributed by atoms with Gasteiger partial charge in [0.05, 0.1) is 0 Å². The molecule has 0 atom stereocenters. The second kappa shape index (κ2) is 6.38. The van der Waals surface area contributed by atoms with Gasteiger partial charge in [0.25, 0.3) is 0 Å². The summed E-state index contributed by atoms with van der Waals surface area (Å²) in [6.07, 6.45) is -2.31. The van der Waals surface area contributed by atoms with Crippen LogP contribution in [0.5, 0.6) is 11.5 Å². The van der Waals surface area contributed by atoms with E-state index in [9.17, 15) is 9.59 Å². The van der Waals surface area contributed by atoms with Crippen LogP contribution in [0.2, 0.25) is 0 Å². The van der Waals surface area contributed by atoms with Crippen molar-refractivity contribution in [2.45, 2.75) is 0 Å². The molecular weight excluding hydrogens is 244 g/mol. The van der Waals surface area contributed by atoms with Crippen LogP contribution in [0.25, 0.3) is 20.9 Å². The number of hydrogen-bond donors (Lipinski definition) is 0. The van der Waals surface area contributed by atoms with E-state index in [1.54, 1.807) is 0 Å². The highest BCUT2D eigenvalue weighted by Crippen LogP contribution is 2.20. The van der Waals surface area contributed by atoms with E-state index in [2.05, 4.69) is 29.5 Å². The van der Waals surface area contributed by atoms with Crippen molar-refractivity contribution in [2.75, 3.05) is 0 Å². The summed E-state index contributed by atoms with van der Waals surface area (Å²) in [4.78, 5) is 26.1. The Balaban J connectivity index is 2.79. The van der Waals surface area contributed by atoms with Crippen LogP contribution in [0.1, 0.15) is 0 Å². The van der Waals surface area contributed by atoms with Crippen LogP contribution >= 0.6 is 0 Å². The first kappa shape index (κ1) is 12.8. The summed E-state index contributed by atoms with van der Waals surface area (Å²) < 4.78 is 9.17. The maximum absolute atomic E-state index is 10.8. The fourth-order valence-corrected chi connectivity index (χ4v) is 0.917. The summed E-state index contributed by atoms with van der Waals surface area (Å²) in [6, 6.07) is 5.33. The number of azide groups is 2. The van der Waals surface area contributed by atoms with Gasteiger partial charge in [0.15, 0.2) is 0 Å². The lowest BCUT2D eigenvalue weighted by Gasteiger charge is -2.03. The van der Waals surface area contributed by atoms with Gasteiger partial charge in [0.2, 0.25) is 0 Å². The van der Waals surface area contributed by atoms with Crippen molar-refractivity contribution in [1.82, 2.24) is 0 Å². The molecule has 0 aliphatic heterocycles. The second-order valence-electron chi connectivity index (χ2n) is 2.59. The van der Waals surface area contributed by atoms with Crippen molar-refractivity contribution >= 4 is 12.2 Å². The number of nitrogens with zero attached hydrogens (tertiary/aromatic N) is 6. The first-order valence-electron chi connectivity index (χ1n) is 4.29. The number of carbonyl (C=O) groups excluding carboxylic acids is 2. The van der Waals surface area contributed by atoms with Gasteiger partial charge in [-0.1, -0.05) is 6.07 Å². The molecule has 0 aliphatic carbocycles. The van der Waals surface area contributed by atoms with Gasteiger partial charge in [0, 0.05) is 26.1 Å². The maximum atomic E-state index is 10.8. The topological polar surface area (TPSA) is 150 Å². The van der Waals surface area contributed by atoms with Gasteiger partial charge in [0.1, 0.15) is 11.5 Å². The number of amides is 2. The minimum absolute atomic E-state index is 0.00126. The van der Waals surface area contributed by atoms with E-state index in [1.165, 1.54) is 24.3 Å². The van der Waals surface area contributed by atoms with Gasteiger partial charge < -0.3 is 9.47 Å². The average Bonchev–Trinajstić information content (AvgIpc) is 2.29. The largest absolute Gasteiger partial charge is 0.422 e. The van der Waals surface area contributed by atoms with Crippen molar-refractivity contribution in [1.29, 1.82) is 0 Å². The number of ether oxygens (including phenoxy) is 2. The summed E-state index contributed by atoms with van der Waals surface area (Å²) in [7, 11) is 0. The van der Waals surface area contributed by atoms with Crippen molar-refractivity contribution in [3.8, 4) is 11.5 Å². The number of hydrogen-bond acceptors (Lipinski definition) is 4. The van der Waals surface area contributed by atoms with E-state index in [4.69, 9.17) is 11.1 Å². The van der Waals surface area contributed by atoms with Crippen LogP contribution < -0.4 is 9.47 Å². The minimum Gasteiger partial charge on any atom is -0.422 e. The first-order valence-corrected chi connectivity index (χ1v) is 4.29. The molecule has 10 nitrogen and oxygen atoms in total. The van der Waals surface area contributed by atoms with Crippen molar-refractivity contribution < 1.29 is 19.1 Å². The first-order chi connectivity index (χ1) is 8.65. The smallest absolute Gasteiger partial charge is 0.402 e.